The Morgan fingerprint density at radius 2 is 1.41 bits per heavy atom. The van der Waals surface area contributed by atoms with Crippen molar-refractivity contribution >= 4 is 29.6 Å². The Bertz CT molecular complexity index is 2060. The summed E-state index contributed by atoms with van der Waals surface area (Å²) >= 11 is 0. The maximum absolute atomic E-state index is 13.6. The van der Waals surface area contributed by atoms with Gasteiger partial charge in [-0.3, -0.25) is 24.1 Å². The number of fused-ring (bicyclic) bond motifs is 1. The third-order valence-corrected chi connectivity index (χ3v) is 13.6. The average molecular weight is 1090 g/mol. The monoisotopic (exact) mass is 1090 g/mol. The Kier molecular flexibility index (Phi) is 23.1. The lowest BCUT2D eigenvalue weighted by molar-refractivity contribution is -0.337. The fraction of sp³-hybridized carbons (Fsp3) is 0.766. The van der Waals surface area contributed by atoms with Gasteiger partial charge in [-0.1, -0.05) is 17.4 Å². The lowest BCUT2D eigenvalue weighted by atomic mass is 9.89. The summed E-state index contributed by atoms with van der Waals surface area (Å²) in [5.41, 5.74) is 12.3. The predicted octanol–water partition coefficient (Wildman–Crippen LogP) is -5.14. The van der Waals surface area contributed by atoms with Gasteiger partial charge in [0.1, 0.15) is 36.2 Å². The van der Waals surface area contributed by atoms with E-state index in [9.17, 15) is 54.6 Å². The number of amides is 4. The Morgan fingerprint density at radius 3 is 2.08 bits per heavy atom. The van der Waals surface area contributed by atoms with Gasteiger partial charge in [0.25, 0.3) is 0 Å². The molecule has 18 atom stereocenters. The van der Waals surface area contributed by atoms with Crippen molar-refractivity contribution in [1.29, 1.82) is 0 Å². The zero-order chi connectivity index (χ0) is 55.2. The molecule has 6 rings (SSSR count). The number of nitrogens with two attached hydrogens (primary N) is 2. The van der Waals surface area contributed by atoms with Gasteiger partial charge in [0, 0.05) is 25.9 Å². The quantitative estimate of drug-likeness (QED) is 0.0198. The van der Waals surface area contributed by atoms with Crippen molar-refractivity contribution in [3.8, 4) is 0 Å². The normalized spacial score (nSPS) is 34.5. The number of nitrogens with zero attached hydrogens (tertiary/aromatic N) is 5. The standard InChI is InChI=1S/C47H74N8O21/c1-5-29-33-34(30(6-2)74-29)43(64)55(42(33)63)12-16-68-14-10-53(32(58)8-7-31(57)50-9-13-67-17-19-70-45-27(48)21-28(56)24(3)72-45)22-26-23-54(52-51-26)11-15-69-18-20-71-47-39(62)38(61)40(41(76-47)44(65)66)75-46-35(49)37(60)36(59)25(4)73-46/h5-6,23-25,27-30,33-41,45-47,56,59-62H,1-2,7-22,48-49H2,3-4H3,(H,50,57)(H,65,66)/t24?,25?,27?,28-,29-,30+,33+,34-,35?,36+,37+,38+,39?,40-,41?,45-,46+,47+/m0/s1. The van der Waals surface area contributed by atoms with Crippen molar-refractivity contribution < 1.29 is 102 Å². The van der Waals surface area contributed by atoms with E-state index in [4.69, 9.17) is 58.8 Å². The van der Waals surface area contributed by atoms with Crippen LogP contribution in [0.25, 0.3) is 0 Å². The van der Waals surface area contributed by atoms with E-state index in [-0.39, 0.29) is 116 Å². The van der Waals surface area contributed by atoms with Crippen LogP contribution in [0.15, 0.2) is 31.5 Å². The molecule has 11 N–H and O–H groups in total. The number of nitrogens with one attached hydrogen (secondary N) is 1. The molecule has 29 nitrogen and oxygen atoms in total. The Balaban J connectivity index is 0.930. The third-order valence-electron chi connectivity index (χ3n) is 13.6. The van der Waals surface area contributed by atoms with Crippen molar-refractivity contribution in [2.24, 2.45) is 23.3 Å². The smallest absolute Gasteiger partial charge is 0.335 e. The van der Waals surface area contributed by atoms with E-state index in [1.54, 1.807) is 13.1 Å². The molecule has 5 fully saturated rings. The first kappa shape index (κ1) is 60.7. The number of hydrogen-bond acceptors (Lipinski definition) is 24. The average Bonchev–Trinajstić information content (AvgIpc) is 4.08. The second-order valence-electron chi connectivity index (χ2n) is 18.9. The van der Waals surface area contributed by atoms with Gasteiger partial charge in [-0.2, -0.15) is 0 Å². The number of rotatable bonds is 30. The number of hydrogen-bond donors (Lipinski definition) is 9. The highest BCUT2D eigenvalue weighted by molar-refractivity contribution is 6.06. The molecule has 1 aromatic heterocycles. The number of carboxylic acid groups (broad SMARTS) is 1. The highest BCUT2D eigenvalue weighted by Crippen LogP contribution is 2.41. The number of aromatic nitrogens is 3. The molecular weight excluding hydrogens is 1010 g/mol. The van der Waals surface area contributed by atoms with Gasteiger partial charge in [0.15, 0.2) is 25.0 Å². The van der Waals surface area contributed by atoms with E-state index in [1.807, 2.05) is 0 Å². The summed E-state index contributed by atoms with van der Waals surface area (Å²) in [6.45, 7) is 11.4. The molecule has 5 aliphatic heterocycles. The summed E-state index contributed by atoms with van der Waals surface area (Å²) in [7, 11) is 0. The molecule has 29 heteroatoms. The van der Waals surface area contributed by atoms with Crippen LogP contribution in [0.5, 0.6) is 0 Å². The minimum atomic E-state index is -1.86. The van der Waals surface area contributed by atoms with Crippen LogP contribution in [0.1, 0.15) is 38.8 Å². The summed E-state index contributed by atoms with van der Waals surface area (Å²) in [6.07, 6.45) is -12.4. The maximum atomic E-state index is 13.6. The molecule has 0 bridgehead atoms. The van der Waals surface area contributed by atoms with Crippen molar-refractivity contribution in [3.05, 3.63) is 37.2 Å². The number of likely N-dealkylation sites (tertiary alicyclic amines) is 1. The van der Waals surface area contributed by atoms with Crippen LogP contribution >= 0.6 is 0 Å². The molecule has 0 aromatic carbocycles. The van der Waals surface area contributed by atoms with E-state index in [0.29, 0.717) is 12.1 Å². The molecule has 428 valence electrons. The number of carbonyl (C=O) groups is 5. The van der Waals surface area contributed by atoms with Gasteiger partial charge in [0.05, 0.1) is 133 Å². The zero-order valence-corrected chi connectivity index (χ0v) is 42.6. The van der Waals surface area contributed by atoms with Crippen LogP contribution in [0.2, 0.25) is 0 Å². The Labute approximate surface area is 438 Å². The number of aliphatic hydroxyl groups is 5. The summed E-state index contributed by atoms with van der Waals surface area (Å²) in [4.78, 5) is 67.5. The van der Waals surface area contributed by atoms with Crippen molar-refractivity contribution in [3.63, 3.8) is 0 Å². The summed E-state index contributed by atoms with van der Waals surface area (Å²) in [6, 6.07) is -1.80. The van der Waals surface area contributed by atoms with E-state index in [1.165, 1.54) is 28.7 Å². The largest absolute Gasteiger partial charge is 0.479 e. The first-order valence-corrected chi connectivity index (χ1v) is 25.3. The SMILES string of the molecule is C=C[C@@H]1O[C@H](C=C)[C@@H]2C(=O)N(CCOCCN(Cc3cn(CCOCCO[C@@H]4OC(C(=O)O)[C@@H](O[C@H]5OC(C)[C@@H](O)[C@H](O)C5N)[C@H](O)C4O)nn3)C(=O)CCC(=O)NCCOCCO[C@H]3OC(C)[C@@H](O)CC3N)C(=O)[C@@H]21. The molecule has 0 radical (unpaired) electrons. The number of ether oxygens (including phenoxy) is 10. The van der Waals surface area contributed by atoms with Crippen LogP contribution in [0.4, 0.5) is 0 Å². The van der Waals surface area contributed by atoms with Crippen molar-refractivity contribution in [2.45, 2.75) is 144 Å². The fourth-order valence-electron chi connectivity index (χ4n) is 9.22. The highest BCUT2D eigenvalue weighted by Gasteiger charge is 2.58. The molecule has 0 spiro atoms. The fourth-order valence-corrected chi connectivity index (χ4v) is 9.22. The molecule has 0 aliphatic carbocycles. The molecule has 5 saturated heterocycles. The van der Waals surface area contributed by atoms with E-state index in [2.05, 4.69) is 28.8 Å². The maximum Gasteiger partial charge on any atom is 0.335 e. The first-order valence-electron chi connectivity index (χ1n) is 25.3. The predicted molar refractivity (Wildman–Crippen MR) is 255 cm³/mol. The summed E-state index contributed by atoms with van der Waals surface area (Å²) in [5, 5.41) is 72.6. The molecule has 4 amide bonds. The van der Waals surface area contributed by atoms with E-state index >= 15 is 0 Å². The molecule has 6 unspecified atom stereocenters. The number of carbonyl (C=O) groups excluding carboxylic acids is 4. The number of aliphatic carboxylic acids is 1. The van der Waals surface area contributed by atoms with Gasteiger partial charge >= 0.3 is 5.97 Å². The van der Waals surface area contributed by atoms with Crippen LogP contribution in [-0.2, 0) is 84.4 Å². The van der Waals surface area contributed by atoms with Crippen molar-refractivity contribution in [2.75, 3.05) is 72.5 Å². The number of imide groups is 1. The number of aliphatic hydroxyl groups excluding tert-OH is 5. The Morgan fingerprint density at radius 1 is 0.776 bits per heavy atom. The second kappa shape index (κ2) is 28.9. The zero-order valence-electron chi connectivity index (χ0n) is 42.6. The molecule has 6 heterocycles. The van der Waals surface area contributed by atoms with Crippen LogP contribution in [0.3, 0.4) is 0 Å². The topological polar surface area (TPSA) is 400 Å². The van der Waals surface area contributed by atoms with E-state index in [0.717, 1.165) is 4.90 Å². The molecule has 1 aromatic rings. The van der Waals surface area contributed by atoms with Gasteiger partial charge < -0.3 is 99.7 Å². The van der Waals surface area contributed by atoms with Crippen molar-refractivity contribution in [1.82, 2.24) is 30.1 Å². The van der Waals surface area contributed by atoms with Crippen LogP contribution in [-0.4, -0.2) is 256 Å². The Hall–Kier alpha value is -4.51. The minimum absolute atomic E-state index is 0.00698. The molecule has 5 aliphatic rings. The molecule has 0 saturated carbocycles. The summed E-state index contributed by atoms with van der Waals surface area (Å²) < 4.78 is 57.4. The van der Waals surface area contributed by atoms with Gasteiger partial charge in [0.2, 0.25) is 23.6 Å². The third kappa shape index (κ3) is 15.6. The minimum Gasteiger partial charge on any atom is -0.479 e. The van der Waals surface area contributed by atoms with E-state index < -0.39 is 122 Å². The van der Waals surface area contributed by atoms with Gasteiger partial charge in [-0.05, 0) is 20.3 Å². The first-order chi connectivity index (χ1) is 36.3. The van der Waals surface area contributed by atoms with Crippen LogP contribution < -0.4 is 16.8 Å². The van der Waals surface area contributed by atoms with Gasteiger partial charge in [-0.25, -0.2) is 9.48 Å². The second-order valence-corrected chi connectivity index (χ2v) is 18.9. The molecular formula is C47H74N8O21. The lowest BCUT2D eigenvalue weighted by Gasteiger charge is -2.45. The highest BCUT2D eigenvalue weighted by atomic mass is 16.7. The van der Waals surface area contributed by atoms with Crippen LogP contribution in [0, 0.1) is 11.8 Å². The summed E-state index contributed by atoms with van der Waals surface area (Å²) in [5.74, 6) is -4.52. The van der Waals surface area contributed by atoms with Gasteiger partial charge in [-0.15, -0.1) is 18.3 Å². The lowest BCUT2D eigenvalue weighted by Crippen LogP contribution is -2.66. The molecule has 76 heavy (non-hydrogen) atoms. The number of carboxylic acids is 1.